The van der Waals surface area contributed by atoms with E-state index in [1.807, 2.05) is 24.3 Å². The lowest BCUT2D eigenvalue weighted by atomic mass is 10.1. The Hall–Kier alpha value is -2.57. The molecule has 1 saturated heterocycles. The summed E-state index contributed by atoms with van der Waals surface area (Å²) in [4.78, 5) is 37.4. The topological polar surface area (TPSA) is 87.7 Å². The third-order valence-electron chi connectivity index (χ3n) is 4.27. The van der Waals surface area contributed by atoms with E-state index in [1.54, 1.807) is 27.9 Å². The Kier molecular flexibility index (Phi) is 5.66. The van der Waals surface area contributed by atoms with Crippen molar-refractivity contribution in [3.63, 3.8) is 0 Å². The number of carbonyl (C=O) groups excluding carboxylic acids is 3. The number of nitrogens with zero attached hydrogens (tertiary/aromatic N) is 1. The van der Waals surface area contributed by atoms with E-state index in [-0.39, 0.29) is 5.91 Å². The van der Waals surface area contributed by atoms with Gasteiger partial charge in [0.15, 0.2) is 0 Å². The first-order chi connectivity index (χ1) is 11.8. The van der Waals surface area contributed by atoms with Crippen LogP contribution in [0.5, 0.6) is 5.75 Å². The summed E-state index contributed by atoms with van der Waals surface area (Å²) in [6.45, 7) is 5.24. The number of benzene rings is 1. The molecule has 136 valence electrons. The molecule has 2 N–H and O–H groups in total. The normalized spacial score (nSPS) is 17.2. The number of hydrogen-bond donors (Lipinski definition) is 2. The Labute approximate surface area is 147 Å². The van der Waals surface area contributed by atoms with Crippen molar-refractivity contribution in [3.05, 3.63) is 29.8 Å². The molecule has 0 saturated carbocycles. The van der Waals surface area contributed by atoms with Crippen LogP contribution >= 0.6 is 0 Å². The third kappa shape index (κ3) is 4.10. The number of urea groups is 1. The maximum absolute atomic E-state index is 12.3. The van der Waals surface area contributed by atoms with E-state index in [4.69, 9.17) is 4.74 Å². The highest BCUT2D eigenvalue weighted by molar-refractivity contribution is 6.09. The molecular weight excluding hydrogens is 322 g/mol. The number of nitrogens with one attached hydrogen (secondary N) is 2. The molecule has 0 bridgehead atoms. The lowest BCUT2D eigenvalue weighted by Gasteiger charge is -2.22. The van der Waals surface area contributed by atoms with Gasteiger partial charge in [0.2, 0.25) is 5.91 Å². The Bertz CT molecular complexity index is 672. The third-order valence-corrected chi connectivity index (χ3v) is 4.27. The van der Waals surface area contributed by atoms with Gasteiger partial charge in [-0.05, 0) is 45.2 Å². The molecule has 0 spiro atoms. The largest absolute Gasteiger partial charge is 0.496 e. The molecule has 0 unspecified atom stereocenters. The van der Waals surface area contributed by atoms with Crippen molar-refractivity contribution in [3.8, 4) is 5.75 Å². The first-order valence-corrected chi connectivity index (χ1v) is 8.33. The molecule has 0 radical (unpaired) electrons. The van der Waals surface area contributed by atoms with Gasteiger partial charge in [0, 0.05) is 6.54 Å². The van der Waals surface area contributed by atoms with Gasteiger partial charge in [-0.15, -0.1) is 0 Å². The number of methoxy groups -OCH3 is 1. The number of para-hydroxylation sites is 1. The minimum absolute atomic E-state index is 0.346. The Morgan fingerprint density at radius 1 is 1.32 bits per heavy atom. The van der Waals surface area contributed by atoms with E-state index in [0.717, 1.165) is 29.1 Å². The predicted molar refractivity (Wildman–Crippen MR) is 93.2 cm³/mol. The van der Waals surface area contributed by atoms with Gasteiger partial charge >= 0.3 is 6.03 Å². The Balaban J connectivity index is 1.84. The smallest absolute Gasteiger partial charge is 0.325 e. The predicted octanol–water partition coefficient (Wildman–Crippen LogP) is 1.46. The molecule has 1 aliphatic heterocycles. The van der Waals surface area contributed by atoms with Gasteiger partial charge in [-0.3, -0.25) is 9.59 Å². The molecule has 7 nitrogen and oxygen atoms in total. The van der Waals surface area contributed by atoms with Crippen molar-refractivity contribution in [2.45, 2.75) is 45.2 Å². The van der Waals surface area contributed by atoms with Crippen LogP contribution in [0.2, 0.25) is 0 Å². The van der Waals surface area contributed by atoms with E-state index in [2.05, 4.69) is 10.6 Å². The standard InChI is InChI=1S/C18H25N3O4/c1-12(21-16(23)18(2,3)20-17(21)24)15(22)19-11-7-9-13-8-5-6-10-14(13)25-4/h5-6,8,10,12H,7,9,11H2,1-4H3,(H,19,22)(H,20,24)/t12-/m1/s1. The molecule has 0 aromatic heterocycles. The fourth-order valence-corrected chi connectivity index (χ4v) is 2.79. The average molecular weight is 347 g/mol. The molecule has 0 aliphatic carbocycles. The Morgan fingerprint density at radius 2 is 2.00 bits per heavy atom. The number of aryl methyl sites for hydroxylation is 1. The quantitative estimate of drug-likeness (QED) is 0.577. The molecule has 1 heterocycles. The second-order valence-corrected chi connectivity index (χ2v) is 6.61. The first-order valence-electron chi connectivity index (χ1n) is 8.33. The van der Waals surface area contributed by atoms with Crippen molar-refractivity contribution < 1.29 is 19.1 Å². The number of amides is 4. The Morgan fingerprint density at radius 3 is 2.60 bits per heavy atom. The second-order valence-electron chi connectivity index (χ2n) is 6.61. The summed E-state index contributed by atoms with van der Waals surface area (Å²) in [6, 6.07) is 6.35. The number of ether oxygens (including phenoxy) is 1. The van der Waals surface area contributed by atoms with Crippen LogP contribution in [0.1, 0.15) is 32.8 Å². The fourth-order valence-electron chi connectivity index (χ4n) is 2.79. The lowest BCUT2D eigenvalue weighted by molar-refractivity contribution is -0.137. The van der Waals surface area contributed by atoms with E-state index >= 15 is 0 Å². The zero-order valence-corrected chi connectivity index (χ0v) is 15.1. The van der Waals surface area contributed by atoms with Gasteiger partial charge in [-0.1, -0.05) is 18.2 Å². The SMILES string of the molecule is COc1ccccc1CCCNC(=O)[C@@H](C)N1C(=O)NC(C)(C)C1=O. The molecule has 1 aliphatic rings. The summed E-state index contributed by atoms with van der Waals surface area (Å²) in [5.41, 5.74) is 0.0957. The summed E-state index contributed by atoms with van der Waals surface area (Å²) in [7, 11) is 1.63. The molecule has 2 rings (SSSR count). The minimum atomic E-state index is -0.977. The van der Waals surface area contributed by atoms with Gasteiger partial charge in [-0.25, -0.2) is 9.69 Å². The molecule has 1 fully saturated rings. The van der Waals surface area contributed by atoms with E-state index in [0.29, 0.717) is 6.54 Å². The van der Waals surface area contributed by atoms with Gasteiger partial charge in [0.1, 0.15) is 17.3 Å². The summed E-state index contributed by atoms with van der Waals surface area (Å²) in [5, 5.41) is 5.36. The van der Waals surface area contributed by atoms with Crippen LogP contribution in [0.15, 0.2) is 24.3 Å². The van der Waals surface area contributed by atoms with Crippen molar-refractivity contribution in [2.75, 3.05) is 13.7 Å². The van der Waals surface area contributed by atoms with Crippen LogP contribution in [0.4, 0.5) is 4.79 Å². The van der Waals surface area contributed by atoms with E-state index in [1.165, 1.54) is 0 Å². The fraction of sp³-hybridized carbons (Fsp3) is 0.500. The van der Waals surface area contributed by atoms with E-state index < -0.39 is 23.5 Å². The van der Waals surface area contributed by atoms with Crippen molar-refractivity contribution in [1.82, 2.24) is 15.5 Å². The number of imide groups is 1. The highest BCUT2D eigenvalue weighted by Gasteiger charge is 2.47. The van der Waals surface area contributed by atoms with Crippen molar-refractivity contribution in [1.29, 1.82) is 0 Å². The molecule has 4 amide bonds. The molecule has 1 aromatic carbocycles. The molecular formula is C18H25N3O4. The summed E-state index contributed by atoms with van der Waals surface area (Å²) >= 11 is 0. The summed E-state index contributed by atoms with van der Waals surface area (Å²) in [6.07, 6.45) is 1.49. The monoisotopic (exact) mass is 347 g/mol. The molecule has 1 atom stereocenters. The van der Waals surface area contributed by atoms with Crippen LogP contribution in [0, 0.1) is 0 Å². The van der Waals surface area contributed by atoms with Gasteiger partial charge in [0.25, 0.3) is 5.91 Å². The van der Waals surface area contributed by atoms with Crippen LogP contribution in [-0.2, 0) is 16.0 Å². The lowest BCUT2D eigenvalue weighted by Crippen LogP contribution is -2.49. The summed E-state index contributed by atoms with van der Waals surface area (Å²) in [5.74, 6) is 0.0826. The van der Waals surface area contributed by atoms with Gasteiger partial charge in [0.05, 0.1) is 7.11 Å². The average Bonchev–Trinajstić information content (AvgIpc) is 2.78. The van der Waals surface area contributed by atoms with E-state index in [9.17, 15) is 14.4 Å². The van der Waals surface area contributed by atoms with Gasteiger partial charge in [-0.2, -0.15) is 0 Å². The molecule has 7 heteroatoms. The zero-order valence-electron chi connectivity index (χ0n) is 15.1. The highest BCUT2D eigenvalue weighted by atomic mass is 16.5. The van der Waals surface area contributed by atoms with Crippen LogP contribution in [-0.4, -0.2) is 48.0 Å². The number of hydrogen-bond acceptors (Lipinski definition) is 4. The number of rotatable bonds is 7. The minimum Gasteiger partial charge on any atom is -0.496 e. The first kappa shape index (κ1) is 18.8. The van der Waals surface area contributed by atoms with Crippen LogP contribution < -0.4 is 15.4 Å². The van der Waals surface area contributed by atoms with Gasteiger partial charge < -0.3 is 15.4 Å². The maximum atomic E-state index is 12.3. The molecule has 25 heavy (non-hydrogen) atoms. The molecule has 1 aromatic rings. The summed E-state index contributed by atoms with van der Waals surface area (Å²) < 4.78 is 5.30. The highest BCUT2D eigenvalue weighted by Crippen LogP contribution is 2.20. The van der Waals surface area contributed by atoms with Crippen molar-refractivity contribution in [2.24, 2.45) is 0 Å². The maximum Gasteiger partial charge on any atom is 0.325 e. The second kappa shape index (κ2) is 7.55. The zero-order chi connectivity index (χ0) is 18.6. The van der Waals surface area contributed by atoms with Crippen LogP contribution in [0.3, 0.4) is 0 Å². The van der Waals surface area contributed by atoms with Crippen LogP contribution in [0.25, 0.3) is 0 Å². The van der Waals surface area contributed by atoms with Crippen molar-refractivity contribution >= 4 is 17.8 Å². The number of carbonyl (C=O) groups is 3.